The van der Waals surface area contributed by atoms with Crippen LogP contribution in [-0.2, 0) is 0 Å². The molecular formula is C17H20N2O2. The van der Waals surface area contributed by atoms with Crippen LogP contribution in [-0.4, -0.2) is 15.1 Å². The van der Waals surface area contributed by atoms with Crippen LogP contribution in [0.5, 0.6) is 5.88 Å². The number of H-pyrrole nitrogens is 1. The Morgan fingerprint density at radius 1 is 1.29 bits per heavy atom. The monoisotopic (exact) mass is 284 g/mol. The highest BCUT2D eigenvalue weighted by molar-refractivity contribution is 5.66. The van der Waals surface area contributed by atoms with Gasteiger partial charge in [-0.05, 0) is 30.7 Å². The number of nitrogens with zero attached hydrogens (tertiary/aromatic N) is 1. The van der Waals surface area contributed by atoms with Gasteiger partial charge in [0.15, 0.2) is 0 Å². The fourth-order valence-corrected chi connectivity index (χ4v) is 3.23. The number of aromatic amines is 1. The Balaban J connectivity index is 1.96. The Bertz CT molecular complexity index is 679. The third-order valence-corrected chi connectivity index (χ3v) is 4.49. The summed E-state index contributed by atoms with van der Waals surface area (Å²) in [5, 5.41) is 10.2. The molecule has 3 rings (SSSR count). The molecule has 2 aromatic rings. The second-order valence-electron chi connectivity index (χ2n) is 5.80. The van der Waals surface area contributed by atoms with Crippen LogP contribution in [0.15, 0.2) is 35.1 Å². The number of hydrogen-bond acceptors (Lipinski definition) is 3. The predicted octanol–water partition coefficient (Wildman–Crippen LogP) is 3.44. The van der Waals surface area contributed by atoms with Crippen molar-refractivity contribution < 1.29 is 5.11 Å². The molecule has 0 aliphatic heterocycles. The van der Waals surface area contributed by atoms with Crippen LogP contribution < -0.4 is 5.56 Å². The Kier molecular flexibility index (Phi) is 3.78. The van der Waals surface area contributed by atoms with Gasteiger partial charge >= 0.3 is 0 Å². The molecule has 4 heteroatoms. The number of aromatic hydroxyl groups is 1. The second-order valence-corrected chi connectivity index (χ2v) is 5.80. The standard InChI is InChI=1S/C17H20N2O2/c1-2-11-8-9-13(10-11)15-18-16(20)14(17(21)19-15)12-6-4-3-5-7-12/h3-7,11,13H,2,8-10H2,1H3,(H2,18,19,20,21). The first kappa shape index (κ1) is 13.9. The first-order valence-electron chi connectivity index (χ1n) is 7.57. The Labute approximate surface area is 123 Å². The highest BCUT2D eigenvalue weighted by atomic mass is 16.3. The van der Waals surface area contributed by atoms with Gasteiger partial charge in [-0.3, -0.25) is 4.79 Å². The molecule has 1 aliphatic rings. The van der Waals surface area contributed by atoms with E-state index in [0.717, 1.165) is 19.3 Å². The average molecular weight is 284 g/mol. The molecule has 1 saturated carbocycles. The van der Waals surface area contributed by atoms with E-state index in [1.807, 2.05) is 18.2 Å². The van der Waals surface area contributed by atoms with Gasteiger partial charge in [-0.1, -0.05) is 43.7 Å². The molecule has 0 saturated heterocycles. The van der Waals surface area contributed by atoms with Gasteiger partial charge in [-0.15, -0.1) is 0 Å². The Morgan fingerprint density at radius 2 is 2.05 bits per heavy atom. The summed E-state index contributed by atoms with van der Waals surface area (Å²) in [7, 11) is 0. The molecule has 2 unspecified atom stereocenters. The molecule has 2 atom stereocenters. The highest BCUT2D eigenvalue weighted by Gasteiger charge is 2.27. The van der Waals surface area contributed by atoms with Gasteiger partial charge in [0.25, 0.3) is 5.56 Å². The van der Waals surface area contributed by atoms with Crippen molar-refractivity contribution in [3.05, 3.63) is 46.5 Å². The molecule has 1 heterocycles. The molecule has 0 amide bonds. The second kappa shape index (κ2) is 5.72. The summed E-state index contributed by atoms with van der Waals surface area (Å²) in [5.41, 5.74) is 0.682. The van der Waals surface area contributed by atoms with E-state index in [2.05, 4.69) is 16.9 Å². The fraction of sp³-hybridized carbons (Fsp3) is 0.412. The van der Waals surface area contributed by atoms with Crippen LogP contribution in [0.1, 0.15) is 44.3 Å². The van der Waals surface area contributed by atoms with Gasteiger partial charge in [0, 0.05) is 5.92 Å². The van der Waals surface area contributed by atoms with E-state index in [1.165, 1.54) is 6.42 Å². The molecule has 4 nitrogen and oxygen atoms in total. The maximum atomic E-state index is 12.3. The summed E-state index contributed by atoms with van der Waals surface area (Å²) in [6.45, 7) is 2.19. The van der Waals surface area contributed by atoms with Crippen LogP contribution in [0, 0.1) is 5.92 Å². The first-order valence-corrected chi connectivity index (χ1v) is 7.57. The molecule has 0 bridgehead atoms. The summed E-state index contributed by atoms with van der Waals surface area (Å²) >= 11 is 0. The summed E-state index contributed by atoms with van der Waals surface area (Å²) in [4.78, 5) is 19.4. The lowest BCUT2D eigenvalue weighted by Crippen LogP contribution is -2.15. The fourth-order valence-electron chi connectivity index (χ4n) is 3.23. The predicted molar refractivity (Wildman–Crippen MR) is 82.3 cm³/mol. The number of aromatic nitrogens is 2. The molecule has 0 spiro atoms. The lowest BCUT2D eigenvalue weighted by atomic mass is 10.0. The van der Waals surface area contributed by atoms with Crippen molar-refractivity contribution in [1.82, 2.24) is 9.97 Å². The third kappa shape index (κ3) is 2.71. The third-order valence-electron chi connectivity index (χ3n) is 4.49. The van der Waals surface area contributed by atoms with Crippen molar-refractivity contribution in [3.63, 3.8) is 0 Å². The Morgan fingerprint density at radius 3 is 2.67 bits per heavy atom. The van der Waals surface area contributed by atoms with E-state index >= 15 is 0 Å². The normalized spacial score (nSPS) is 21.6. The minimum Gasteiger partial charge on any atom is -0.493 e. The van der Waals surface area contributed by atoms with Gasteiger partial charge < -0.3 is 10.1 Å². The van der Waals surface area contributed by atoms with Gasteiger partial charge in [-0.2, -0.15) is 4.98 Å². The SMILES string of the molecule is CCC1CCC(c2nc(O)c(-c3ccccc3)c(=O)[nH]2)C1. The molecule has 1 aromatic carbocycles. The molecule has 1 aliphatic carbocycles. The first-order chi connectivity index (χ1) is 10.2. The largest absolute Gasteiger partial charge is 0.493 e. The Hall–Kier alpha value is -2.10. The van der Waals surface area contributed by atoms with Crippen molar-refractivity contribution in [3.8, 4) is 17.0 Å². The van der Waals surface area contributed by atoms with Gasteiger partial charge in [-0.25, -0.2) is 0 Å². The quantitative estimate of drug-likeness (QED) is 0.907. The van der Waals surface area contributed by atoms with Crippen LogP contribution in [0.25, 0.3) is 11.1 Å². The molecule has 0 radical (unpaired) electrons. The van der Waals surface area contributed by atoms with E-state index in [-0.39, 0.29) is 22.9 Å². The number of nitrogens with one attached hydrogen (secondary N) is 1. The van der Waals surface area contributed by atoms with Gasteiger partial charge in [0.2, 0.25) is 5.88 Å². The van der Waals surface area contributed by atoms with E-state index < -0.39 is 0 Å². The summed E-state index contributed by atoms with van der Waals surface area (Å²) in [6, 6.07) is 9.15. The lowest BCUT2D eigenvalue weighted by Gasteiger charge is -2.11. The van der Waals surface area contributed by atoms with E-state index in [1.54, 1.807) is 12.1 Å². The van der Waals surface area contributed by atoms with Crippen molar-refractivity contribution in [2.75, 3.05) is 0 Å². The minimum atomic E-state index is -0.261. The molecule has 1 fully saturated rings. The smallest absolute Gasteiger partial charge is 0.262 e. The summed E-state index contributed by atoms with van der Waals surface area (Å²) < 4.78 is 0. The van der Waals surface area contributed by atoms with Gasteiger partial charge in [0.05, 0.1) is 0 Å². The maximum absolute atomic E-state index is 12.3. The minimum absolute atomic E-state index is 0.167. The number of benzene rings is 1. The van der Waals surface area contributed by atoms with Crippen molar-refractivity contribution in [1.29, 1.82) is 0 Å². The highest BCUT2D eigenvalue weighted by Crippen LogP contribution is 2.38. The number of hydrogen-bond donors (Lipinski definition) is 2. The zero-order valence-electron chi connectivity index (χ0n) is 12.2. The van der Waals surface area contributed by atoms with Crippen LogP contribution in [0.4, 0.5) is 0 Å². The van der Waals surface area contributed by atoms with Gasteiger partial charge in [0.1, 0.15) is 11.4 Å². The lowest BCUT2D eigenvalue weighted by molar-refractivity contribution is 0.444. The van der Waals surface area contributed by atoms with E-state index in [9.17, 15) is 9.90 Å². The van der Waals surface area contributed by atoms with Crippen LogP contribution in [0.2, 0.25) is 0 Å². The van der Waals surface area contributed by atoms with E-state index in [4.69, 9.17) is 0 Å². The topological polar surface area (TPSA) is 66.0 Å². The molecule has 2 N–H and O–H groups in total. The van der Waals surface area contributed by atoms with Crippen molar-refractivity contribution in [2.24, 2.45) is 5.92 Å². The molecule has 110 valence electrons. The van der Waals surface area contributed by atoms with Crippen LogP contribution in [0.3, 0.4) is 0 Å². The zero-order valence-corrected chi connectivity index (χ0v) is 12.2. The molecular weight excluding hydrogens is 264 g/mol. The maximum Gasteiger partial charge on any atom is 0.262 e. The number of rotatable bonds is 3. The van der Waals surface area contributed by atoms with E-state index in [0.29, 0.717) is 17.3 Å². The van der Waals surface area contributed by atoms with Crippen molar-refractivity contribution in [2.45, 2.75) is 38.5 Å². The average Bonchev–Trinajstić information content (AvgIpc) is 2.96. The summed E-state index contributed by atoms with van der Waals surface area (Å²) in [6.07, 6.45) is 4.41. The molecule has 21 heavy (non-hydrogen) atoms. The molecule has 1 aromatic heterocycles. The van der Waals surface area contributed by atoms with Crippen molar-refractivity contribution >= 4 is 0 Å². The summed E-state index contributed by atoms with van der Waals surface area (Å²) in [5.74, 6) is 1.43. The van der Waals surface area contributed by atoms with Crippen LogP contribution >= 0.6 is 0 Å². The zero-order chi connectivity index (χ0) is 14.8.